The lowest BCUT2D eigenvalue weighted by molar-refractivity contribution is -0.153. The number of ether oxygens (including phenoxy) is 2. The van der Waals surface area contributed by atoms with Gasteiger partial charge in [-0.3, -0.25) is 4.79 Å². The highest BCUT2D eigenvalue weighted by atomic mass is 16.5. The molecule has 1 aliphatic rings. The predicted octanol–water partition coefficient (Wildman–Crippen LogP) is 1.86. The Morgan fingerprint density at radius 2 is 2.12 bits per heavy atom. The van der Waals surface area contributed by atoms with Crippen molar-refractivity contribution in [2.75, 3.05) is 13.7 Å². The second-order valence-corrected chi connectivity index (χ2v) is 4.85. The van der Waals surface area contributed by atoms with Gasteiger partial charge in [0, 0.05) is 20.0 Å². The largest absolute Gasteiger partial charge is 0.462 e. The maximum atomic E-state index is 11.7. The molecule has 0 aromatic carbocycles. The van der Waals surface area contributed by atoms with Gasteiger partial charge in [0.1, 0.15) is 6.10 Å². The molecule has 0 amide bonds. The summed E-state index contributed by atoms with van der Waals surface area (Å²) in [4.78, 5) is 11.7. The Morgan fingerprint density at radius 3 is 2.71 bits per heavy atom. The fourth-order valence-corrected chi connectivity index (χ4v) is 2.29. The first-order chi connectivity index (χ1) is 8.19. The summed E-state index contributed by atoms with van der Waals surface area (Å²) in [6.07, 6.45) is 5.61. The van der Waals surface area contributed by atoms with Crippen molar-refractivity contribution in [3.63, 3.8) is 0 Å². The van der Waals surface area contributed by atoms with Gasteiger partial charge >= 0.3 is 5.97 Å². The Kier molecular flexibility index (Phi) is 6.52. The minimum Gasteiger partial charge on any atom is -0.462 e. The van der Waals surface area contributed by atoms with Crippen molar-refractivity contribution in [3.05, 3.63) is 0 Å². The molecule has 1 saturated carbocycles. The van der Waals surface area contributed by atoms with Gasteiger partial charge in [-0.05, 0) is 31.7 Å². The summed E-state index contributed by atoms with van der Waals surface area (Å²) < 4.78 is 10.8. The Balaban J connectivity index is 2.30. The summed E-state index contributed by atoms with van der Waals surface area (Å²) in [6, 6.07) is 0. The van der Waals surface area contributed by atoms with Crippen LogP contribution in [0.15, 0.2) is 0 Å². The average molecular weight is 243 g/mol. The number of esters is 1. The maximum Gasteiger partial charge on any atom is 0.306 e. The van der Waals surface area contributed by atoms with E-state index >= 15 is 0 Å². The van der Waals surface area contributed by atoms with Crippen LogP contribution in [0.4, 0.5) is 0 Å². The molecular formula is C13H25NO3. The van der Waals surface area contributed by atoms with Crippen LogP contribution >= 0.6 is 0 Å². The molecule has 0 heterocycles. The zero-order valence-corrected chi connectivity index (χ0v) is 11.0. The first kappa shape index (κ1) is 14.5. The van der Waals surface area contributed by atoms with Crippen molar-refractivity contribution >= 4 is 5.97 Å². The van der Waals surface area contributed by atoms with Crippen LogP contribution in [0.1, 0.15) is 45.4 Å². The molecule has 4 heteroatoms. The molecule has 0 radical (unpaired) electrons. The number of rotatable bonds is 6. The predicted molar refractivity (Wildman–Crippen MR) is 66.6 cm³/mol. The summed E-state index contributed by atoms with van der Waals surface area (Å²) in [7, 11) is 1.72. The van der Waals surface area contributed by atoms with Gasteiger partial charge in [0.2, 0.25) is 0 Å². The smallest absolute Gasteiger partial charge is 0.306 e. The summed E-state index contributed by atoms with van der Waals surface area (Å²) in [5.74, 6) is 0.147. The fourth-order valence-electron chi connectivity index (χ4n) is 2.29. The number of hydrogen-bond acceptors (Lipinski definition) is 4. The van der Waals surface area contributed by atoms with Crippen molar-refractivity contribution in [2.45, 2.75) is 57.7 Å². The van der Waals surface area contributed by atoms with E-state index in [1.165, 1.54) is 0 Å². The van der Waals surface area contributed by atoms with Crippen molar-refractivity contribution < 1.29 is 14.3 Å². The standard InChI is InChI=1S/C13H25NO3/c1-3-10(9-14)7-13(15)17-12-6-4-5-11(8-12)16-2/h10-12H,3-9,14H2,1-2H3. The van der Waals surface area contributed by atoms with Crippen molar-refractivity contribution in [1.29, 1.82) is 0 Å². The molecule has 0 saturated heterocycles. The molecule has 17 heavy (non-hydrogen) atoms. The molecule has 0 spiro atoms. The van der Waals surface area contributed by atoms with E-state index in [9.17, 15) is 4.79 Å². The van der Waals surface area contributed by atoms with Crippen LogP contribution in [0.5, 0.6) is 0 Å². The number of hydrogen-bond donors (Lipinski definition) is 1. The molecule has 3 atom stereocenters. The maximum absolute atomic E-state index is 11.7. The van der Waals surface area contributed by atoms with Crippen LogP contribution in [-0.4, -0.2) is 31.8 Å². The second kappa shape index (κ2) is 7.67. The quantitative estimate of drug-likeness (QED) is 0.723. The molecule has 4 nitrogen and oxygen atoms in total. The highest BCUT2D eigenvalue weighted by molar-refractivity contribution is 5.69. The third-order valence-corrected chi connectivity index (χ3v) is 3.58. The minimum absolute atomic E-state index is 0.0384. The fraction of sp³-hybridized carbons (Fsp3) is 0.923. The average Bonchev–Trinajstić information content (AvgIpc) is 2.36. The van der Waals surface area contributed by atoms with E-state index in [2.05, 4.69) is 0 Å². The van der Waals surface area contributed by atoms with Gasteiger partial charge in [0.15, 0.2) is 0 Å². The zero-order valence-electron chi connectivity index (χ0n) is 11.0. The van der Waals surface area contributed by atoms with Crippen LogP contribution in [0.3, 0.4) is 0 Å². The Labute approximate surface area is 104 Å². The van der Waals surface area contributed by atoms with Crippen LogP contribution < -0.4 is 5.73 Å². The van der Waals surface area contributed by atoms with E-state index in [4.69, 9.17) is 15.2 Å². The lowest BCUT2D eigenvalue weighted by Gasteiger charge is -2.28. The molecule has 0 aromatic rings. The molecule has 0 aromatic heterocycles. The third kappa shape index (κ3) is 5.04. The number of nitrogens with two attached hydrogens (primary N) is 1. The highest BCUT2D eigenvalue weighted by Gasteiger charge is 2.25. The summed E-state index contributed by atoms with van der Waals surface area (Å²) in [5, 5.41) is 0. The van der Waals surface area contributed by atoms with Gasteiger partial charge < -0.3 is 15.2 Å². The molecule has 100 valence electrons. The Bertz CT molecular complexity index is 229. The van der Waals surface area contributed by atoms with Gasteiger partial charge in [0.05, 0.1) is 6.10 Å². The molecule has 1 fully saturated rings. The SMILES string of the molecule is CCC(CN)CC(=O)OC1CCCC(OC)C1. The minimum atomic E-state index is -0.107. The van der Waals surface area contributed by atoms with Crippen molar-refractivity contribution in [1.82, 2.24) is 0 Å². The van der Waals surface area contributed by atoms with Gasteiger partial charge in [-0.1, -0.05) is 13.3 Å². The summed E-state index contributed by atoms with van der Waals surface area (Å²) in [6.45, 7) is 2.60. The highest BCUT2D eigenvalue weighted by Crippen LogP contribution is 2.23. The van der Waals surface area contributed by atoms with Crippen LogP contribution in [-0.2, 0) is 14.3 Å². The molecule has 0 bridgehead atoms. The van der Waals surface area contributed by atoms with Gasteiger partial charge in [0.25, 0.3) is 0 Å². The third-order valence-electron chi connectivity index (χ3n) is 3.58. The van der Waals surface area contributed by atoms with E-state index in [0.717, 1.165) is 32.1 Å². The molecule has 0 aliphatic heterocycles. The lowest BCUT2D eigenvalue weighted by atomic mass is 9.94. The summed E-state index contributed by atoms with van der Waals surface area (Å²) >= 11 is 0. The van der Waals surface area contributed by atoms with Gasteiger partial charge in [-0.2, -0.15) is 0 Å². The molecule has 2 N–H and O–H groups in total. The normalized spacial score (nSPS) is 26.5. The Morgan fingerprint density at radius 1 is 1.41 bits per heavy atom. The molecular weight excluding hydrogens is 218 g/mol. The van der Waals surface area contributed by atoms with Crippen molar-refractivity contribution in [3.8, 4) is 0 Å². The lowest BCUT2D eigenvalue weighted by Crippen LogP contribution is -2.30. The van der Waals surface area contributed by atoms with E-state index < -0.39 is 0 Å². The van der Waals surface area contributed by atoms with E-state index in [0.29, 0.717) is 13.0 Å². The molecule has 3 unspecified atom stereocenters. The number of methoxy groups -OCH3 is 1. The molecule has 1 rings (SSSR count). The van der Waals surface area contributed by atoms with Crippen LogP contribution in [0, 0.1) is 5.92 Å². The monoisotopic (exact) mass is 243 g/mol. The topological polar surface area (TPSA) is 61.6 Å². The van der Waals surface area contributed by atoms with Crippen LogP contribution in [0.2, 0.25) is 0 Å². The Hall–Kier alpha value is -0.610. The molecule has 1 aliphatic carbocycles. The van der Waals surface area contributed by atoms with Gasteiger partial charge in [-0.15, -0.1) is 0 Å². The summed E-state index contributed by atoms with van der Waals surface area (Å²) in [5.41, 5.74) is 5.58. The second-order valence-electron chi connectivity index (χ2n) is 4.85. The van der Waals surface area contributed by atoms with Crippen molar-refractivity contribution in [2.24, 2.45) is 11.7 Å². The number of carbonyl (C=O) groups is 1. The van der Waals surface area contributed by atoms with E-state index in [-0.39, 0.29) is 24.1 Å². The van der Waals surface area contributed by atoms with E-state index in [1.807, 2.05) is 6.92 Å². The zero-order chi connectivity index (χ0) is 12.7. The van der Waals surface area contributed by atoms with E-state index in [1.54, 1.807) is 7.11 Å². The van der Waals surface area contributed by atoms with Gasteiger partial charge in [-0.25, -0.2) is 0 Å². The first-order valence-corrected chi connectivity index (χ1v) is 6.61. The number of carbonyl (C=O) groups excluding carboxylic acids is 1. The van der Waals surface area contributed by atoms with Crippen LogP contribution in [0.25, 0.3) is 0 Å². The first-order valence-electron chi connectivity index (χ1n) is 6.61.